The summed E-state index contributed by atoms with van der Waals surface area (Å²) in [6, 6.07) is 16.1. The van der Waals surface area contributed by atoms with Crippen LogP contribution in [0.1, 0.15) is 18.2 Å². The van der Waals surface area contributed by atoms with Crippen molar-refractivity contribution in [1.29, 1.82) is 0 Å². The monoisotopic (exact) mass is 281 g/mol. The van der Waals surface area contributed by atoms with Gasteiger partial charge in [-0.2, -0.15) is 0 Å². The van der Waals surface area contributed by atoms with E-state index in [4.69, 9.17) is 9.15 Å². The molecule has 3 rings (SSSR count). The number of hydrogen-bond donors (Lipinski definition) is 1. The Bertz CT molecular complexity index is 729. The van der Waals surface area contributed by atoms with Crippen molar-refractivity contribution >= 4 is 16.7 Å². The summed E-state index contributed by atoms with van der Waals surface area (Å²) in [6.07, 6.45) is 0.897. The number of fused-ring (bicyclic) bond motifs is 1. The van der Waals surface area contributed by atoms with Crippen molar-refractivity contribution in [3.05, 3.63) is 59.9 Å². The number of aryl methyl sites for hydroxylation is 1. The summed E-state index contributed by atoms with van der Waals surface area (Å²) < 4.78 is 11.1. The number of para-hydroxylation sites is 1. The number of hydrogen-bond acceptors (Lipinski definition) is 3. The zero-order chi connectivity index (χ0) is 14.7. The summed E-state index contributed by atoms with van der Waals surface area (Å²) >= 11 is 0. The number of benzene rings is 2. The first-order chi connectivity index (χ1) is 10.3. The minimum atomic E-state index is 0.756. The fourth-order valence-corrected chi connectivity index (χ4v) is 2.53. The highest BCUT2D eigenvalue weighted by molar-refractivity contribution is 5.82. The predicted octanol–water partition coefficient (Wildman–Crippen LogP) is 4.62. The summed E-state index contributed by atoms with van der Waals surface area (Å²) in [5.41, 5.74) is 3.27. The van der Waals surface area contributed by atoms with Crippen molar-refractivity contribution in [3.63, 3.8) is 0 Å². The van der Waals surface area contributed by atoms with E-state index in [-0.39, 0.29) is 0 Å². The van der Waals surface area contributed by atoms with Gasteiger partial charge in [0.1, 0.15) is 17.1 Å². The van der Waals surface area contributed by atoms with Gasteiger partial charge in [0, 0.05) is 29.6 Å². The topological polar surface area (TPSA) is 34.4 Å². The minimum Gasteiger partial charge on any atom is -0.497 e. The first-order valence-corrected chi connectivity index (χ1v) is 7.19. The Morgan fingerprint density at radius 3 is 2.52 bits per heavy atom. The third kappa shape index (κ3) is 2.72. The molecule has 3 heteroatoms. The number of rotatable bonds is 5. The lowest BCUT2D eigenvalue weighted by Crippen LogP contribution is -2.01. The molecule has 0 aliphatic carbocycles. The van der Waals surface area contributed by atoms with Gasteiger partial charge in [-0.3, -0.25) is 0 Å². The molecular formula is C18H19NO2. The van der Waals surface area contributed by atoms with Crippen molar-refractivity contribution in [1.82, 2.24) is 0 Å². The number of furan rings is 1. The van der Waals surface area contributed by atoms with Gasteiger partial charge in [0.05, 0.1) is 7.11 Å². The molecule has 108 valence electrons. The fraction of sp³-hybridized carbons (Fsp3) is 0.222. The molecule has 0 atom stereocenters. The number of nitrogens with one attached hydrogen (secondary N) is 1. The summed E-state index contributed by atoms with van der Waals surface area (Å²) in [5.74, 6) is 1.92. The van der Waals surface area contributed by atoms with Crippen molar-refractivity contribution in [2.45, 2.75) is 19.9 Å². The molecule has 0 aliphatic rings. The quantitative estimate of drug-likeness (QED) is 0.741. The first-order valence-electron chi connectivity index (χ1n) is 7.19. The van der Waals surface area contributed by atoms with Crippen LogP contribution >= 0.6 is 0 Å². The van der Waals surface area contributed by atoms with E-state index < -0.39 is 0 Å². The Hall–Kier alpha value is -2.42. The molecule has 0 radical (unpaired) electrons. The molecule has 0 saturated carbocycles. The average molecular weight is 281 g/mol. The first kappa shape index (κ1) is 13.6. The van der Waals surface area contributed by atoms with Gasteiger partial charge in [0.25, 0.3) is 0 Å². The number of methoxy groups -OCH3 is 1. The summed E-state index contributed by atoms with van der Waals surface area (Å²) in [6.45, 7) is 2.88. The third-order valence-corrected chi connectivity index (χ3v) is 3.66. The molecular weight excluding hydrogens is 262 g/mol. The second-order valence-corrected chi connectivity index (χ2v) is 4.94. The van der Waals surface area contributed by atoms with Crippen LogP contribution < -0.4 is 10.1 Å². The average Bonchev–Trinajstić information content (AvgIpc) is 2.91. The molecule has 1 N–H and O–H groups in total. The van der Waals surface area contributed by atoms with E-state index in [1.165, 1.54) is 10.9 Å². The molecule has 0 saturated heterocycles. The van der Waals surface area contributed by atoms with Gasteiger partial charge in [-0.1, -0.05) is 25.1 Å². The zero-order valence-electron chi connectivity index (χ0n) is 12.3. The van der Waals surface area contributed by atoms with E-state index in [1.807, 2.05) is 42.5 Å². The van der Waals surface area contributed by atoms with Crippen molar-refractivity contribution in [2.24, 2.45) is 0 Å². The second-order valence-electron chi connectivity index (χ2n) is 4.94. The molecule has 0 unspecified atom stereocenters. The van der Waals surface area contributed by atoms with E-state index in [1.54, 1.807) is 7.11 Å². The Balaban J connectivity index is 1.83. The molecule has 2 aromatic carbocycles. The molecule has 3 nitrogen and oxygen atoms in total. The van der Waals surface area contributed by atoms with E-state index in [2.05, 4.69) is 18.3 Å². The Morgan fingerprint density at radius 2 is 1.81 bits per heavy atom. The molecule has 21 heavy (non-hydrogen) atoms. The third-order valence-electron chi connectivity index (χ3n) is 3.66. The lowest BCUT2D eigenvalue weighted by Gasteiger charge is -2.07. The molecule has 0 aliphatic heterocycles. The van der Waals surface area contributed by atoms with Crippen molar-refractivity contribution in [3.8, 4) is 5.75 Å². The smallest absolute Gasteiger partial charge is 0.134 e. The van der Waals surface area contributed by atoms with Gasteiger partial charge < -0.3 is 14.5 Å². The summed E-state index contributed by atoms with van der Waals surface area (Å²) in [5, 5.41) is 4.64. The van der Waals surface area contributed by atoms with Crippen LogP contribution in [0.5, 0.6) is 5.75 Å². The SMILES string of the molecule is CCc1oc2ccccc2c1CNc1ccc(OC)cc1. The largest absolute Gasteiger partial charge is 0.497 e. The number of ether oxygens (including phenoxy) is 1. The highest BCUT2D eigenvalue weighted by Crippen LogP contribution is 2.27. The van der Waals surface area contributed by atoms with Crippen LogP contribution in [0.4, 0.5) is 5.69 Å². The van der Waals surface area contributed by atoms with Gasteiger partial charge in [-0.15, -0.1) is 0 Å². The van der Waals surface area contributed by atoms with Crippen LogP contribution in [0.25, 0.3) is 11.0 Å². The standard InChI is InChI=1S/C18H19NO2/c1-3-17-16(15-6-4-5-7-18(15)21-17)12-19-13-8-10-14(20-2)11-9-13/h4-11,19H,3,12H2,1-2H3. The van der Waals surface area contributed by atoms with E-state index in [9.17, 15) is 0 Å². The van der Waals surface area contributed by atoms with Crippen LogP contribution in [0.3, 0.4) is 0 Å². The van der Waals surface area contributed by atoms with Crippen LogP contribution in [-0.4, -0.2) is 7.11 Å². The minimum absolute atomic E-state index is 0.756. The second kappa shape index (κ2) is 5.92. The molecule has 0 fully saturated rings. The molecule has 0 spiro atoms. The molecule has 3 aromatic rings. The van der Waals surface area contributed by atoms with Gasteiger partial charge in [-0.25, -0.2) is 0 Å². The normalized spacial score (nSPS) is 10.8. The maximum absolute atomic E-state index is 5.91. The number of anilines is 1. The highest BCUT2D eigenvalue weighted by atomic mass is 16.5. The Morgan fingerprint density at radius 1 is 1.05 bits per heavy atom. The lowest BCUT2D eigenvalue weighted by atomic mass is 10.1. The van der Waals surface area contributed by atoms with Gasteiger partial charge in [0.15, 0.2) is 0 Å². The summed E-state index contributed by atoms with van der Waals surface area (Å²) in [7, 11) is 1.67. The maximum Gasteiger partial charge on any atom is 0.134 e. The van der Waals surface area contributed by atoms with E-state index in [0.717, 1.165) is 35.7 Å². The van der Waals surface area contributed by atoms with Crippen LogP contribution in [0.15, 0.2) is 52.9 Å². The lowest BCUT2D eigenvalue weighted by molar-refractivity contribution is 0.415. The van der Waals surface area contributed by atoms with Gasteiger partial charge in [0.2, 0.25) is 0 Å². The Kier molecular flexibility index (Phi) is 3.82. The van der Waals surface area contributed by atoms with Gasteiger partial charge >= 0.3 is 0 Å². The zero-order valence-corrected chi connectivity index (χ0v) is 12.3. The van der Waals surface area contributed by atoms with Crippen molar-refractivity contribution in [2.75, 3.05) is 12.4 Å². The Labute approximate surface area is 124 Å². The van der Waals surface area contributed by atoms with Crippen LogP contribution in [0.2, 0.25) is 0 Å². The van der Waals surface area contributed by atoms with Crippen LogP contribution in [0, 0.1) is 0 Å². The van der Waals surface area contributed by atoms with Gasteiger partial charge in [-0.05, 0) is 30.3 Å². The van der Waals surface area contributed by atoms with Crippen LogP contribution in [-0.2, 0) is 13.0 Å². The molecule has 1 heterocycles. The fourth-order valence-electron chi connectivity index (χ4n) is 2.53. The highest BCUT2D eigenvalue weighted by Gasteiger charge is 2.11. The summed E-state index contributed by atoms with van der Waals surface area (Å²) in [4.78, 5) is 0. The maximum atomic E-state index is 5.91. The molecule has 0 bridgehead atoms. The van der Waals surface area contributed by atoms with Crippen molar-refractivity contribution < 1.29 is 9.15 Å². The molecule has 0 amide bonds. The van der Waals surface area contributed by atoms with E-state index >= 15 is 0 Å². The van der Waals surface area contributed by atoms with E-state index in [0.29, 0.717) is 0 Å². The predicted molar refractivity (Wildman–Crippen MR) is 85.9 cm³/mol. The molecule has 1 aromatic heterocycles.